The fourth-order valence-electron chi connectivity index (χ4n) is 9.77. The number of carbonyl (C=O) groups excluding carboxylic acids is 3. The minimum atomic E-state index is -0.794. The predicted octanol–water partition coefficient (Wildman–Crippen LogP) is 24.2. The monoisotopic (exact) mass is 1140 g/mol. The number of esters is 3. The van der Waals surface area contributed by atoms with E-state index in [1.165, 1.54) is 161 Å². The third kappa shape index (κ3) is 66.9. The molecule has 0 spiro atoms. The smallest absolute Gasteiger partial charge is 0.306 e. The first kappa shape index (κ1) is 78.1. The van der Waals surface area contributed by atoms with Crippen LogP contribution in [0.3, 0.4) is 0 Å². The third-order valence-electron chi connectivity index (χ3n) is 15.0. The molecule has 1 unspecified atom stereocenters. The van der Waals surface area contributed by atoms with Crippen LogP contribution in [0.15, 0.2) is 109 Å². The lowest BCUT2D eigenvalue weighted by atomic mass is 10.0. The zero-order valence-corrected chi connectivity index (χ0v) is 54.0. The molecule has 0 aliphatic heterocycles. The second-order valence-corrected chi connectivity index (χ2v) is 23.1. The molecule has 6 heteroatoms. The Bertz CT molecular complexity index is 1640. The Morgan fingerprint density at radius 3 is 0.756 bits per heavy atom. The fraction of sp³-hybridized carbons (Fsp3) is 0.724. The highest BCUT2D eigenvalue weighted by molar-refractivity contribution is 5.71. The Hall–Kier alpha value is -3.93. The van der Waals surface area contributed by atoms with Gasteiger partial charge in [0.25, 0.3) is 0 Å². The molecule has 0 rings (SSSR count). The zero-order valence-electron chi connectivity index (χ0n) is 54.0. The van der Waals surface area contributed by atoms with Crippen LogP contribution in [0.4, 0.5) is 0 Å². The molecule has 82 heavy (non-hydrogen) atoms. The molecule has 0 aliphatic rings. The molecular formula is C76H130O6. The van der Waals surface area contributed by atoms with Gasteiger partial charge >= 0.3 is 17.9 Å². The second kappa shape index (κ2) is 69.6. The van der Waals surface area contributed by atoms with Crippen LogP contribution < -0.4 is 0 Å². The molecule has 0 radical (unpaired) electrons. The van der Waals surface area contributed by atoms with Gasteiger partial charge in [-0.2, -0.15) is 0 Å². The van der Waals surface area contributed by atoms with Gasteiger partial charge in [-0.05, 0) is 128 Å². The number of unbranched alkanes of at least 4 members (excludes halogenated alkanes) is 34. The van der Waals surface area contributed by atoms with E-state index in [9.17, 15) is 14.4 Å². The van der Waals surface area contributed by atoms with Crippen molar-refractivity contribution in [2.75, 3.05) is 13.2 Å². The van der Waals surface area contributed by atoms with Gasteiger partial charge in [0.15, 0.2) is 6.10 Å². The maximum atomic E-state index is 13.0. The van der Waals surface area contributed by atoms with Crippen LogP contribution in [0, 0.1) is 0 Å². The Morgan fingerprint density at radius 1 is 0.256 bits per heavy atom. The molecule has 0 heterocycles. The summed E-state index contributed by atoms with van der Waals surface area (Å²) < 4.78 is 17.0. The van der Waals surface area contributed by atoms with Crippen molar-refractivity contribution in [3.63, 3.8) is 0 Å². The van der Waals surface area contributed by atoms with E-state index >= 15 is 0 Å². The standard InChI is InChI=1S/C76H130O6/c1-4-7-10-13-16-19-22-25-28-31-33-35-36-37-38-39-40-42-43-45-48-51-54-57-60-63-66-69-75(78)81-72-73(71-80-74(77)68-65-62-59-56-53-50-47-30-27-24-21-18-15-12-9-6-3)82-76(79)70-67-64-61-58-55-52-49-46-44-41-34-32-29-26-23-20-17-14-11-8-5-2/h7,10,16,19,21,23-26,28,30,32-35,44,46-47,73H,4-6,8-9,11-15,17-18,20,22,27,29,31,36-43,45,48-72H2,1-3H3/b10-7-,19-16-,24-21-,26-23-,28-25-,34-32-,35-33-,46-44-,47-30-. The highest BCUT2D eigenvalue weighted by atomic mass is 16.6. The first-order valence-corrected chi connectivity index (χ1v) is 34.9. The quantitative estimate of drug-likeness (QED) is 0.0261. The van der Waals surface area contributed by atoms with Crippen LogP contribution >= 0.6 is 0 Å². The van der Waals surface area contributed by atoms with Gasteiger partial charge < -0.3 is 14.2 Å². The Kier molecular flexibility index (Phi) is 66.2. The van der Waals surface area contributed by atoms with Gasteiger partial charge in [0.1, 0.15) is 13.2 Å². The number of ether oxygens (including phenoxy) is 3. The average Bonchev–Trinajstić information content (AvgIpc) is 3.47. The second-order valence-electron chi connectivity index (χ2n) is 23.1. The van der Waals surface area contributed by atoms with Gasteiger partial charge in [0.2, 0.25) is 0 Å². The number of hydrogen-bond donors (Lipinski definition) is 0. The average molecular weight is 1140 g/mol. The van der Waals surface area contributed by atoms with Crippen LogP contribution in [0.1, 0.15) is 335 Å². The molecule has 6 nitrogen and oxygen atoms in total. The summed E-state index contributed by atoms with van der Waals surface area (Å²) in [6.45, 7) is 6.51. The Balaban J connectivity index is 4.36. The van der Waals surface area contributed by atoms with Crippen LogP contribution in [0.2, 0.25) is 0 Å². The topological polar surface area (TPSA) is 78.9 Å². The first-order chi connectivity index (χ1) is 40.5. The van der Waals surface area contributed by atoms with E-state index in [4.69, 9.17) is 14.2 Å². The van der Waals surface area contributed by atoms with E-state index < -0.39 is 6.10 Å². The van der Waals surface area contributed by atoms with Crippen molar-refractivity contribution in [1.82, 2.24) is 0 Å². The number of rotatable bonds is 63. The molecule has 1 atom stereocenters. The number of hydrogen-bond acceptors (Lipinski definition) is 6. The van der Waals surface area contributed by atoms with Crippen LogP contribution in [-0.2, 0) is 28.6 Å². The van der Waals surface area contributed by atoms with Crippen molar-refractivity contribution >= 4 is 17.9 Å². The molecular weight excluding hydrogens is 1010 g/mol. The number of carbonyl (C=O) groups is 3. The summed E-state index contributed by atoms with van der Waals surface area (Å²) in [5.41, 5.74) is 0. The largest absolute Gasteiger partial charge is 0.462 e. The highest BCUT2D eigenvalue weighted by Gasteiger charge is 2.19. The van der Waals surface area contributed by atoms with Gasteiger partial charge in [0.05, 0.1) is 0 Å². The maximum absolute atomic E-state index is 13.0. The summed E-state index contributed by atoms with van der Waals surface area (Å²) in [6, 6.07) is 0. The van der Waals surface area contributed by atoms with Crippen molar-refractivity contribution in [1.29, 1.82) is 0 Å². The summed E-state index contributed by atoms with van der Waals surface area (Å²) in [7, 11) is 0. The molecule has 0 aromatic rings. The molecule has 0 aliphatic carbocycles. The summed E-state index contributed by atoms with van der Waals surface area (Å²) in [5, 5.41) is 0. The summed E-state index contributed by atoms with van der Waals surface area (Å²) >= 11 is 0. The zero-order chi connectivity index (χ0) is 59.2. The molecule has 0 N–H and O–H groups in total. The van der Waals surface area contributed by atoms with Crippen molar-refractivity contribution in [3.8, 4) is 0 Å². The van der Waals surface area contributed by atoms with Crippen molar-refractivity contribution in [2.45, 2.75) is 341 Å². The Labute approximate surface area is 508 Å². The van der Waals surface area contributed by atoms with Crippen LogP contribution in [0.5, 0.6) is 0 Å². The maximum Gasteiger partial charge on any atom is 0.306 e. The first-order valence-electron chi connectivity index (χ1n) is 34.9. The minimum Gasteiger partial charge on any atom is -0.462 e. The summed E-state index contributed by atoms with van der Waals surface area (Å²) in [6.07, 6.45) is 95.3. The van der Waals surface area contributed by atoms with Gasteiger partial charge in [-0.3, -0.25) is 14.4 Å². The van der Waals surface area contributed by atoms with Crippen LogP contribution in [0.25, 0.3) is 0 Å². The van der Waals surface area contributed by atoms with Gasteiger partial charge in [-0.25, -0.2) is 0 Å². The summed E-state index contributed by atoms with van der Waals surface area (Å²) in [4.78, 5) is 38.5. The normalized spacial score (nSPS) is 12.8. The lowest BCUT2D eigenvalue weighted by Crippen LogP contribution is -2.30. The van der Waals surface area contributed by atoms with Crippen LogP contribution in [-0.4, -0.2) is 37.2 Å². The lowest BCUT2D eigenvalue weighted by Gasteiger charge is -2.18. The van der Waals surface area contributed by atoms with E-state index in [0.717, 1.165) is 135 Å². The molecule has 0 bridgehead atoms. The predicted molar refractivity (Wildman–Crippen MR) is 357 cm³/mol. The van der Waals surface area contributed by atoms with E-state index in [-0.39, 0.29) is 31.1 Å². The van der Waals surface area contributed by atoms with Crippen molar-refractivity contribution in [3.05, 3.63) is 109 Å². The lowest BCUT2D eigenvalue weighted by molar-refractivity contribution is -0.167. The van der Waals surface area contributed by atoms with Gasteiger partial charge in [-0.15, -0.1) is 0 Å². The minimum absolute atomic E-state index is 0.0876. The van der Waals surface area contributed by atoms with Gasteiger partial charge in [0, 0.05) is 19.3 Å². The fourth-order valence-corrected chi connectivity index (χ4v) is 9.77. The van der Waals surface area contributed by atoms with Crippen molar-refractivity contribution in [2.24, 2.45) is 0 Å². The molecule has 0 amide bonds. The molecule has 470 valence electrons. The molecule has 0 aromatic heterocycles. The summed E-state index contributed by atoms with van der Waals surface area (Å²) in [5.74, 6) is -0.902. The van der Waals surface area contributed by atoms with E-state index in [0.29, 0.717) is 19.3 Å². The van der Waals surface area contributed by atoms with E-state index in [1.807, 2.05) is 0 Å². The van der Waals surface area contributed by atoms with Gasteiger partial charge in [-0.1, -0.05) is 297 Å². The highest BCUT2D eigenvalue weighted by Crippen LogP contribution is 2.16. The molecule has 0 aromatic carbocycles. The molecule has 0 saturated carbocycles. The van der Waals surface area contributed by atoms with E-state index in [2.05, 4.69) is 130 Å². The van der Waals surface area contributed by atoms with Crippen molar-refractivity contribution < 1.29 is 28.6 Å². The number of allylic oxidation sites excluding steroid dienone is 18. The molecule has 0 saturated heterocycles. The SMILES string of the molecule is CC/C=C\C/C=C\C/C=C\C/C=C\CCCCCCCCCCCCCCCCC(=O)OCC(COC(=O)CCCCCCC/C=C\C/C=C\CCCCCC)OC(=O)CCCCCCCC/C=C\C/C=C\C/C=C\CCCCCCC. The third-order valence-corrected chi connectivity index (χ3v) is 15.0. The van der Waals surface area contributed by atoms with E-state index in [1.54, 1.807) is 0 Å². The Morgan fingerprint density at radius 2 is 0.476 bits per heavy atom. The molecule has 0 fully saturated rings.